The van der Waals surface area contributed by atoms with E-state index in [2.05, 4.69) is 78.5 Å². The molecule has 1 fully saturated rings. The number of rotatable bonds is 5. The largest absolute Gasteiger partial charge is 0.493 e. The molecule has 4 aromatic rings. The number of aliphatic hydroxyl groups is 1. The first kappa shape index (κ1) is 32.9. The summed E-state index contributed by atoms with van der Waals surface area (Å²) in [5.74, 6) is 4.86. The predicted octanol–water partition coefficient (Wildman–Crippen LogP) is 7.96. The molecule has 0 saturated heterocycles. The van der Waals surface area contributed by atoms with Gasteiger partial charge >= 0.3 is 0 Å². The molecular formula is C42H48N2O6. The summed E-state index contributed by atoms with van der Waals surface area (Å²) in [6.07, 6.45) is 7.74. The summed E-state index contributed by atoms with van der Waals surface area (Å²) in [6, 6.07) is 21.3. The van der Waals surface area contributed by atoms with Crippen molar-refractivity contribution < 1.29 is 28.8 Å². The van der Waals surface area contributed by atoms with Crippen molar-refractivity contribution in [1.82, 2.24) is 9.80 Å². The van der Waals surface area contributed by atoms with Crippen LogP contribution in [-0.4, -0.2) is 62.4 Å². The Morgan fingerprint density at radius 1 is 0.740 bits per heavy atom. The van der Waals surface area contributed by atoms with Crippen molar-refractivity contribution in [3.63, 3.8) is 0 Å². The number of fused-ring (bicyclic) bond motifs is 2. The smallest absolute Gasteiger partial charge is 0.204 e. The Bertz CT molecular complexity index is 1870. The lowest BCUT2D eigenvalue weighted by molar-refractivity contribution is 0.186. The van der Waals surface area contributed by atoms with Crippen molar-refractivity contribution in [3.05, 3.63) is 99.6 Å². The number of methoxy groups -OCH3 is 2. The number of hydrogen-bond donors (Lipinski definition) is 1. The van der Waals surface area contributed by atoms with Crippen LogP contribution in [0.2, 0.25) is 0 Å². The number of ether oxygens (including phenoxy) is 5. The van der Waals surface area contributed by atoms with Crippen LogP contribution in [0.25, 0.3) is 0 Å². The third kappa shape index (κ3) is 6.18. The molecule has 0 spiro atoms. The van der Waals surface area contributed by atoms with Crippen molar-refractivity contribution in [2.45, 2.75) is 76.2 Å². The van der Waals surface area contributed by atoms with Crippen LogP contribution >= 0.6 is 0 Å². The predicted molar refractivity (Wildman–Crippen MR) is 193 cm³/mol. The zero-order valence-corrected chi connectivity index (χ0v) is 29.7. The maximum Gasteiger partial charge on any atom is 0.204 e. The lowest BCUT2D eigenvalue weighted by Crippen LogP contribution is -2.34. The second-order valence-electron chi connectivity index (χ2n) is 14.4. The van der Waals surface area contributed by atoms with Crippen LogP contribution in [0.1, 0.15) is 76.7 Å². The van der Waals surface area contributed by atoms with Gasteiger partial charge in [0.2, 0.25) is 5.75 Å². The molecule has 0 unspecified atom stereocenters. The fourth-order valence-corrected chi connectivity index (χ4v) is 8.42. The Morgan fingerprint density at radius 3 is 2.18 bits per heavy atom. The van der Waals surface area contributed by atoms with E-state index in [1.54, 1.807) is 14.2 Å². The van der Waals surface area contributed by atoms with Gasteiger partial charge in [-0.15, -0.1) is 0 Å². The molecule has 4 aromatic carbocycles. The highest BCUT2D eigenvalue weighted by atomic mass is 16.5. The molecule has 6 bridgehead atoms. The lowest BCUT2D eigenvalue weighted by Gasteiger charge is -2.38. The highest BCUT2D eigenvalue weighted by Crippen LogP contribution is 2.52. The van der Waals surface area contributed by atoms with Gasteiger partial charge in [0.1, 0.15) is 11.5 Å². The van der Waals surface area contributed by atoms with Crippen molar-refractivity contribution in [2.24, 2.45) is 0 Å². The molecule has 1 aliphatic carbocycles. The number of likely N-dealkylation sites (N-methyl/N-ethyl adjacent to an activating group) is 2. The summed E-state index contributed by atoms with van der Waals surface area (Å²) in [6.45, 7) is 1.72. The Labute approximate surface area is 295 Å². The van der Waals surface area contributed by atoms with Crippen LogP contribution < -0.4 is 23.7 Å². The van der Waals surface area contributed by atoms with Gasteiger partial charge < -0.3 is 28.8 Å². The molecule has 1 saturated carbocycles. The fourth-order valence-electron chi connectivity index (χ4n) is 8.42. The highest BCUT2D eigenvalue weighted by molar-refractivity contribution is 5.63. The quantitative estimate of drug-likeness (QED) is 0.228. The molecule has 8 heteroatoms. The molecule has 9 rings (SSSR count). The molecular weight excluding hydrogens is 628 g/mol. The first-order chi connectivity index (χ1) is 24.4. The van der Waals surface area contributed by atoms with Crippen molar-refractivity contribution >= 4 is 0 Å². The van der Waals surface area contributed by atoms with E-state index in [1.807, 2.05) is 6.07 Å². The molecule has 1 N–H and O–H groups in total. The third-order valence-electron chi connectivity index (χ3n) is 11.3. The Kier molecular flexibility index (Phi) is 9.10. The second-order valence-corrected chi connectivity index (χ2v) is 14.4. The van der Waals surface area contributed by atoms with E-state index in [-0.39, 0.29) is 24.8 Å². The lowest BCUT2D eigenvalue weighted by atomic mass is 9.86. The van der Waals surface area contributed by atoms with Crippen LogP contribution in [0.4, 0.5) is 0 Å². The molecule has 0 radical (unpaired) electrons. The van der Waals surface area contributed by atoms with E-state index in [9.17, 15) is 5.11 Å². The summed E-state index contributed by atoms with van der Waals surface area (Å²) in [7, 11) is 7.78. The molecule has 8 nitrogen and oxygen atoms in total. The van der Waals surface area contributed by atoms with Gasteiger partial charge in [-0.05, 0) is 136 Å². The Balaban J connectivity index is 1.36. The van der Waals surface area contributed by atoms with Gasteiger partial charge in [0.15, 0.2) is 23.0 Å². The van der Waals surface area contributed by atoms with E-state index < -0.39 is 0 Å². The first-order valence-corrected chi connectivity index (χ1v) is 18.1. The highest BCUT2D eigenvalue weighted by Gasteiger charge is 2.35. The van der Waals surface area contributed by atoms with Crippen molar-refractivity contribution in [3.8, 4) is 40.2 Å². The summed E-state index contributed by atoms with van der Waals surface area (Å²) in [5, 5.41) is 10.8. The summed E-state index contributed by atoms with van der Waals surface area (Å²) in [4.78, 5) is 4.84. The number of hydrogen-bond acceptors (Lipinski definition) is 8. The zero-order valence-electron chi connectivity index (χ0n) is 29.7. The molecule has 4 aliphatic heterocycles. The Hall–Kier alpha value is -4.24. The molecule has 4 heterocycles. The van der Waals surface area contributed by atoms with Gasteiger partial charge in [0.25, 0.3) is 0 Å². The molecule has 50 heavy (non-hydrogen) atoms. The van der Waals surface area contributed by atoms with Gasteiger partial charge in [-0.2, -0.15) is 0 Å². The van der Waals surface area contributed by atoms with E-state index in [1.165, 1.54) is 22.3 Å². The summed E-state index contributed by atoms with van der Waals surface area (Å²) < 4.78 is 32.4. The van der Waals surface area contributed by atoms with Gasteiger partial charge in [-0.1, -0.05) is 18.2 Å². The van der Waals surface area contributed by atoms with Crippen LogP contribution in [0.5, 0.6) is 40.2 Å². The average Bonchev–Trinajstić information content (AvgIpc) is 3.65. The van der Waals surface area contributed by atoms with Crippen molar-refractivity contribution in [2.75, 3.05) is 41.4 Å². The van der Waals surface area contributed by atoms with Crippen LogP contribution in [0.15, 0.2) is 60.7 Å². The van der Waals surface area contributed by atoms with E-state index in [4.69, 9.17) is 23.7 Å². The first-order valence-electron chi connectivity index (χ1n) is 18.1. The van der Waals surface area contributed by atoms with Gasteiger partial charge in [0, 0.05) is 36.3 Å². The van der Waals surface area contributed by atoms with E-state index >= 15 is 0 Å². The van der Waals surface area contributed by atoms with E-state index in [0.717, 1.165) is 86.9 Å². The second kappa shape index (κ2) is 13.8. The van der Waals surface area contributed by atoms with E-state index in [0.29, 0.717) is 34.5 Å². The Morgan fingerprint density at radius 2 is 1.44 bits per heavy atom. The fraction of sp³-hybridized carbons (Fsp3) is 0.429. The number of nitrogens with zero attached hydrogens (tertiary/aromatic N) is 2. The minimum Gasteiger partial charge on any atom is -0.493 e. The van der Waals surface area contributed by atoms with Gasteiger partial charge in [0.05, 0.1) is 26.9 Å². The molecule has 2 atom stereocenters. The number of aliphatic hydroxyl groups excluding tert-OH is 1. The van der Waals surface area contributed by atoms with Crippen LogP contribution in [0.3, 0.4) is 0 Å². The third-order valence-corrected chi connectivity index (χ3v) is 11.3. The van der Waals surface area contributed by atoms with Crippen LogP contribution in [-0.2, 0) is 32.3 Å². The molecule has 0 aromatic heterocycles. The van der Waals surface area contributed by atoms with Gasteiger partial charge in [-0.3, -0.25) is 9.80 Å². The normalized spacial score (nSPS) is 20.7. The van der Waals surface area contributed by atoms with Gasteiger partial charge in [-0.25, -0.2) is 0 Å². The molecule has 262 valence electrons. The van der Waals surface area contributed by atoms with Crippen LogP contribution in [0, 0.1) is 0 Å². The minimum absolute atomic E-state index is 0.0147. The van der Waals surface area contributed by atoms with Crippen molar-refractivity contribution in [1.29, 1.82) is 0 Å². The SMILES string of the molecule is COc1ccc2cc1Oc1ccc(cc1)C[C@H]1c3cc(c(CO)cc3CCN1C)Oc1c(OC3CCCC3)c(OC)cc3c1[C@H](C2)N(C)CC3. The summed E-state index contributed by atoms with van der Waals surface area (Å²) >= 11 is 0. The summed E-state index contributed by atoms with van der Waals surface area (Å²) in [5.41, 5.74) is 7.92. The monoisotopic (exact) mass is 676 g/mol. The topological polar surface area (TPSA) is 72.9 Å². The average molecular weight is 677 g/mol. The number of benzene rings is 4. The zero-order chi connectivity index (χ0) is 34.4. The maximum atomic E-state index is 10.8. The molecule has 5 aliphatic rings. The maximum absolute atomic E-state index is 10.8. The standard InChI is InChI=1S/C42H48N2O6/c1-43-17-15-28-22-30(25-45)37-24-33(28)34(43)19-26-9-12-32(13-10-26)48-38-21-27(11-14-36(38)46-3)20-35-40-29(16-18-44(35)2)23-39(47-4)41(42(40)50-37)49-31-7-5-6-8-31/h9-14,21-24,31,34-35,45H,5-8,15-20,25H2,1-4H3/t34-,35-/m0/s1. The minimum atomic E-state index is -0.118. The molecule has 0 amide bonds.